The molecule has 1 fully saturated rings. The molecule has 1 aliphatic carbocycles. The van der Waals surface area contributed by atoms with Crippen molar-refractivity contribution >= 4 is 17.7 Å². The maximum Gasteiger partial charge on any atom is 0.328 e. The molecule has 7 heteroatoms. The lowest BCUT2D eigenvalue weighted by Crippen LogP contribution is -2.50. The van der Waals surface area contributed by atoms with Gasteiger partial charge in [0, 0.05) is 12.3 Å². The zero-order valence-electron chi connectivity index (χ0n) is 12.6. The second-order valence-electron chi connectivity index (χ2n) is 5.18. The standard InChI is InChI=1S/C15H18N2O5/c1-21-13(19)11(8-16)15(9-17,14(20)22-2)10-6-4-3-5-7-12(10)18/h10-11H,3-7H2,1-2H3/t10-,11+,15-/m1/s1. The van der Waals surface area contributed by atoms with Crippen LogP contribution in [0.4, 0.5) is 0 Å². The van der Waals surface area contributed by atoms with Gasteiger partial charge in [-0.25, -0.2) is 0 Å². The van der Waals surface area contributed by atoms with Gasteiger partial charge in [-0.1, -0.05) is 12.8 Å². The molecule has 0 amide bonds. The van der Waals surface area contributed by atoms with Crippen LogP contribution in [0.2, 0.25) is 0 Å². The number of hydrogen-bond donors (Lipinski definition) is 0. The van der Waals surface area contributed by atoms with E-state index in [0.29, 0.717) is 12.8 Å². The summed E-state index contributed by atoms with van der Waals surface area (Å²) >= 11 is 0. The minimum Gasteiger partial charge on any atom is -0.468 e. The average Bonchev–Trinajstić information content (AvgIpc) is 2.76. The van der Waals surface area contributed by atoms with Crippen molar-refractivity contribution in [1.82, 2.24) is 0 Å². The van der Waals surface area contributed by atoms with E-state index in [1.165, 1.54) is 0 Å². The van der Waals surface area contributed by atoms with E-state index in [1.807, 2.05) is 0 Å². The summed E-state index contributed by atoms with van der Waals surface area (Å²) in [5.74, 6) is -5.12. The van der Waals surface area contributed by atoms with E-state index in [9.17, 15) is 24.9 Å². The van der Waals surface area contributed by atoms with E-state index in [-0.39, 0.29) is 18.6 Å². The molecule has 0 bridgehead atoms. The molecular formula is C15H18N2O5. The van der Waals surface area contributed by atoms with Gasteiger partial charge in [-0.3, -0.25) is 14.4 Å². The van der Waals surface area contributed by atoms with E-state index >= 15 is 0 Å². The molecule has 0 aromatic carbocycles. The fraction of sp³-hybridized carbons (Fsp3) is 0.667. The Kier molecular flexibility index (Phi) is 6.06. The third kappa shape index (κ3) is 2.94. The molecule has 0 heterocycles. The molecule has 0 saturated heterocycles. The first-order chi connectivity index (χ1) is 10.5. The average molecular weight is 306 g/mol. The van der Waals surface area contributed by atoms with Gasteiger partial charge in [-0.05, 0) is 12.8 Å². The Labute approximate surface area is 128 Å². The molecular weight excluding hydrogens is 288 g/mol. The summed E-state index contributed by atoms with van der Waals surface area (Å²) in [6, 6.07) is 3.39. The van der Waals surface area contributed by atoms with Crippen LogP contribution in [0.15, 0.2) is 0 Å². The van der Waals surface area contributed by atoms with E-state index in [2.05, 4.69) is 9.47 Å². The summed E-state index contributed by atoms with van der Waals surface area (Å²) in [5.41, 5.74) is -2.17. The number of nitrogens with zero attached hydrogens (tertiary/aromatic N) is 2. The number of methoxy groups -OCH3 is 2. The molecule has 22 heavy (non-hydrogen) atoms. The third-order valence-corrected chi connectivity index (χ3v) is 4.08. The molecule has 1 aliphatic rings. The highest BCUT2D eigenvalue weighted by Gasteiger charge is 2.59. The van der Waals surface area contributed by atoms with Crippen LogP contribution < -0.4 is 0 Å². The van der Waals surface area contributed by atoms with Gasteiger partial charge >= 0.3 is 11.9 Å². The van der Waals surface area contributed by atoms with E-state index < -0.39 is 29.2 Å². The minimum absolute atomic E-state index is 0.213. The lowest BCUT2D eigenvalue weighted by molar-refractivity contribution is -0.165. The van der Waals surface area contributed by atoms with Gasteiger partial charge in [0.05, 0.1) is 26.4 Å². The fourth-order valence-electron chi connectivity index (χ4n) is 2.92. The number of carbonyl (C=O) groups excluding carboxylic acids is 3. The molecule has 0 unspecified atom stereocenters. The topological polar surface area (TPSA) is 117 Å². The molecule has 3 atom stereocenters. The molecule has 0 aliphatic heterocycles. The Morgan fingerprint density at radius 3 is 2.41 bits per heavy atom. The number of carbonyl (C=O) groups is 3. The molecule has 7 nitrogen and oxygen atoms in total. The Hall–Kier alpha value is -2.41. The van der Waals surface area contributed by atoms with Crippen molar-refractivity contribution < 1.29 is 23.9 Å². The molecule has 1 saturated carbocycles. The van der Waals surface area contributed by atoms with Gasteiger partial charge in [-0.2, -0.15) is 10.5 Å². The number of ketones is 1. The summed E-state index contributed by atoms with van der Waals surface area (Å²) in [5, 5.41) is 18.9. The van der Waals surface area contributed by atoms with Crippen molar-refractivity contribution in [3.8, 4) is 12.1 Å². The monoisotopic (exact) mass is 306 g/mol. The summed E-state index contributed by atoms with van der Waals surface area (Å²) in [4.78, 5) is 36.5. The molecule has 0 radical (unpaired) electrons. The first kappa shape index (κ1) is 17.6. The number of Topliss-reactive ketones (excluding diaryl/α,β-unsaturated/α-hetero) is 1. The summed E-state index contributed by atoms with van der Waals surface area (Å²) < 4.78 is 9.19. The molecule has 0 aromatic heterocycles. The van der Waals surface area contributed by atoms with Crippen LogP contribution in [0, 0.1) is 39.9 Å². The lowest BCUT2D eigenvalue weighted by atomic mass is 9.64. The maximum absolute atomic E-state index is 12.4. The summed E-state index contributed by atoms with van der Waals surface area (Å²) in [7, 11) is 2.11. The number of rotatable bonds is 4. The Balaban J connectivity index is 3.47. The number of hydrogen-bond acceptors (Lipinski definition) is 7. The largest absolute Gasteiger partial charge is 0.468 e. The highest BCUT2D eigenvalue weighted by atomic mass is 16.5. The van der Waals surface area contributed by atoms with Crippen LogP contribution in [0.5, 0.6) is 0 Å². The van der Waals surface area contributed by atoms with Crippen molar-refractivity contribution in [3.05, 3.63) is 0 Å². The normalized spacial score (nSPS) is 22.2. The molecule has 0 aromatic rings. The summed E-state index contributed by atoms with van der Waals surface area (Å²) in [6.45, 7) is 0. The van der Waals surface area contributed by atoms with Gasteiger partial charge in [0.15, 0.2) is 11.3 Å². The van der Waals surface area contributed by atoms with Gasteiger partial charge in [-0.15, -0.1) is 0 Å². The van der Waals surface area contributed by atoms with Crippen molar-refractivity contribution in [3.63, 3.8) is 0 Å². The number of esters is 2. The van der Waals surface area contributed by atoms with Gasteiger partial charge < -0.3 is 9.47 Å². The van der Waals surface area contributed by atoms with E-state index in [4.69, 9.17) is 0 Å². The van der Waals surface area contributed by atoms with E-state index in [0.717, 1.165) is 20.6 Å². The Bertz CT molecular complexity index is 545. The number of ether oxygens (including phenoxy) is 2. The van der Waals surface area contributed by atoms with Crippen LogP contribution in [0.1, 0.15) is 32.1 Å². The van der Waals surface area contributed by atoms with Crippen molar-refractivity contribution in [2.45, 2.75) is 32.1 Å². The first-order valence-electron chi connectivity index (χ1n) is 6.99. The highest BCUT2D eigenvalue weighted by Crippen LogP contribution is 2.43. The zero-order valence-corrected chi connectivity index (χ0v) is 12.6. The molecule has 118 valence electrons. The van der Waals surface area contributed by atoms with Gasteiger partial charge in [0.1, 0.15) is 5.78 Å². The van der Waals surface area contributed by atoms with Gasteiger partial charge in [0.25, 0.3) is 0 Å². The maximum atomic E-state index is 12.4. The second kappa shape index (κ2) is 7.56. The zero-order chi connectivity index (χ0) is 16.8. The van der Waals surface area contributed by atoms with Crippen molar-refractivity contribution in [2.24, 2.45) is 17.3 Å². The first-order valence-corrected chi connectivity index (χ1v) is 6.99. The second-order valence-corrected chi connectivity index (χ2v) is 5.18. The SMILES string of the molecule is COC(=O)[C@H](C#N)[C@](C#N)(C(=O)OC)[C@@H]1CCCCCC1=O. The predicted molar refractivity (Wildman–Crippen MR) is 72.8 cm³/mol. The van der Waals surface area contributed by atoms with Crippen LogP contribution >= 0.6 is 0 Å². The van der Waals surface area contributed by atoms with Gasteiger partial charge in [0.2, 0.25) is 0 Å². The Morgan fingerprint density at radius 2 is 1.91 bits per heavy atom. The predicted octanol–water partition coefficient (Wildman–Crippen LogP) is 1.13. The van der Waals surface area contributed by atoms with Crippen molar-refractivity contribution in [1.29, 1.82) is 10.5 Å². The minimum atomic E-state index is -2.17. The highest BCUT2D eigenvalue weighted by molar-refractivity contribution is 5.96. The smallest absolute Gasteiger partial charge is 0.328 e. The van der Waals surface area contributed by atoms with Crippen LogP contribution in [0.3, 0.4) is 0 Å². The quantitative estimate of drug-likeness (QED) is 0.564. The fourth-order valence-corrected chi connectivity index (χ4v) is 2.92. The van der Waals surface area contributed by atoms with Crippen LogP contribution in [0.25, 0.3) is 0 Å². The van der Waals surface area contributed by atoms with Crippen LogP contribution in [-0.2, 0) is 23.9 Å². The summed E-state index contributed by atoms with van der Waals surface area (Å²) in [6.07, 6.45) is 2.56. The van der Waals surface area contributed by atoms with E-state index in [1.54, 1.807) is 12.1 Å². The van der Waals surface area contributed by atoms with Crippen LogP contribution in [-0.4, -0.2) is 31.9 Å². The molecule has 0 spiro atoms. The third-order valence-electron chi connectivity index (χ3n) is 4.08. The lowest BCUT2D eigenvalue weighted by Gasteiger charge is -2.32. The molecule has 1 rings (SSSR count). The Morgan fingerprint density at radius 1 is 1.23 bits per heavy atom. The van der Waals surface area contributed by atoms with Crippen molar-refractivity contribution in [2.75, 3.05) is 14.2 Å². The molecule has 0 N–H and O–H groups in total. The number of nitriles is 2.